The van der Waals surface area contributed by atoms with Gasteiger partial charge in [0.1, 0.15) is 11.8 Å². The maximum atomic E-state index is 12.3. The molecule has 2 unspecified atom stereocenters. The van der Waals surface area contributed by atoms with Crippen LogP contribution in [0.4, 0.5) is 4.79 Å². The second kappa shape index (κ2) is 7.82. The van der Waals surface area contributed by atoms with Gasteiger partial charge in [-0.2, -0.15) is 0 Å². The summed E-state index contributed by atoms with van der Waals surface area (Å²) < 4.78 is 5.26. The Labute approximate surface area is 151 Å². The summed E-state index contributed by atoms with van der Waals surface area (Å²) in [5, 5.41) is 9.53. The molecule has 134 valence electrons. The Morgan fingerprint density at radius 3 is 2.12 bits per heavy atom. The van der Waals surface area contributed by atoms with Crippen LogP contribution in [0.3, 0.4) is 0 Å². The van der Waals surface area contributed by atoms with Crippen molar-refractivity contribution in [1.29, 1.82) is 0 Å². The van der Waals surface area contributed by atoms with Gasteiger partial charge in [0.2, 0.25) is 0 Å². The fourth-order valence-electron chi connectivity index (χ4n) is 3.09. The fourth-order valence-corrected chi connectivity index (χ4v) is 3.09. The molecule has 0 aliphatic carbocycles. The summed E-state index contributed by atoms with van der Waals surface area (Å²) in [6.07, 6.45) is -1.97. The summed E-state index contributed by atoms with van der Waals surface area (Å²) in [4.78, 5) is 37.2. The molecule has 2 aromatic rings. The van der Waals surface area contributed by atoms with E-state index in [1.165, 1.54) is 0 Å². The van der Waals surface area contributed by atoms with E-state index in [2.05, 4.69) is 0 Å². The maximum absolute atomic E-state index is 12.3. The minimum atomic E-state index is -1.27. The van der Waals surface area contributed by atoms with Crippen molar-refractivity contribution in [1.82, 2.24) is 4.90 Å². The van der Waals surface area contributed by atoms with Gasteiger partial charge in [0.05, 0.1) is 0 Å². The van der Waals surface area contributed by atoms with Crippen LogP contribution in [-0.4, -0.2) is 40.1 Å². The molecule has 1 aliphatic rings. The third-order valence-corrected chi connectivity index (χ3v) is 4.31. The van der Waals surface area contributed by atoms with Gasteiger partial charge in [0, 0.05) is 19.3 Å². The first-order valence-electron chi connectivity index (χ1n) is 8.36. The molecule has 2 aromatic carbocycles. The van der Waals surface area contributed by atoms with Gasteiger partial charge in [0.25, 0.3) is 0 Å². The highest BCUT2D eigenvalue weighted by atomic mass is 16.6. The predicted octanol–water partition coefficient (Wildman–Crippen LogP) is 2.66. The van der Waals surface area contributed by atoms with Crippen LogP contribution in [0, 0.1) is 0 Å². The van der Waals surface area contributed by atoms with Crippen LogP contribution < -0.4 is 0 Å². The average Bonchev–Trinajstić information content (AvgIpc) is 2.92. The lowest BCUT2D eigenvalue weighted by Gasteiger charge is -2.22. The van der Waals surface area contributed by atoms with Gasteiger partial charge in [-0.05, 0) is 11.1 Å². The van der Waals surface area contributed by atoms with Crippen LogP contribution in [0.25, 0.3) is 0 Å². The number of rotatable bonds is 6. The molecule has 3 rings (SSSR count). The number of carbonyl (C=O) groups excluding carboxylic acids is 2. The first-order valence-corrected chi connectivity index (χ1v) is 8.36. The lowest BCUT2D eigenvalue weighted by molar-refractivity contribution is -0.143. The molecule has 2 atom stereocenters. The third-order valence-electron chi connectivity index (χ3n) is 4.31. The van der Waals surface area contributed by atoms with Crippen LogP contribution in [-0.2, 0) is 27.2 Å². The number of carbonyl (C=O) groups is 3. The predicted molar refractivity (Wildman–Crippen MR) is 93.4 cm³/mol. The molecule has 26 heavy (non-hydrogen) atoms. The standard InChI is InChI=1S/C20H19NO5/c22-16(11-14-7-3-1-4-8-14)13-17-19(23)26-18(21(17)20(24)25)12-15-9-5-2-6-10-15/h1-10,17-18H,11-13H2,(H,24,25). The second-order valence-corrected chi connectivity index (χ2v) is 6.19. The van der Waals surface area contributed by atoms with Crippen molar-refractivity contribution in [2.75, 3.05) is 0 Å². The molecule has 1 saturated heterocycles. The lowest BCUT2D eigenvalue weighted by Crippen LogP contribution is -2.43. The van der Waals surface area contributed by atoms with Crippen molar-refractivity contribution >= 4 is 17.8 Å². The van der Waals surface area contributed by atoms with Gasteiger partial charge in [-0.3, -0.25) is 9.69 Å². The van der Waals surface area contributed by atoms with E-state index in [4.69, 9.17) is 4.74 Å². The summed E-state index contributed by atoms with van der Waals surface area (Å²) in [5.41, 5.74) is 1.68. The summed E-state index contributed by atoms with van der Waals surface area (Å²) in [6.45, 7) is 0. The zero-order valence-electron chi connectivity index (χ0n) is 14.1. The van der Waals surface area contributed by atoms with Crippen molar-refractivity contribution in [3.8, 4) is 0 Å². The van der Waals surface area contributed by atoms with E-state index in [-0.39, 0.29) is 25.0 Å². The van der Waals surface area contributed by atoms with E-state index in [1.54, 1.807) is 0 Å². The van der Waals surface area contributed by atoms with Gasteiger partial charge in [-0.15, -0.1) is 0 Å². The van der Waals surface area contributed by atoms with E-state index in [9.17, 15) is 19.5 Å². The third kappa shape index (κ3) is 4.08. The topological polar surface area (TPSA) is 83.9 Å². The van der Waals surface area contributed by atoms with E-state index in [0.29, 0.717) is 0 Å². The van der Waals surface area contributed by atoms with E-state index < -0.39 is 24.3 Å². The normalized spacial score (nSPS) is 19.2. The minimum absolute atomic E-state index is 0.154. The van der Waals surface area contributed by atoms with Crippen LogP contribution >= 0.6 is 0 Å². The molecular weight excluding hydrogens is 334 g/mol. The summed E-state index contributed by atoms with van der Waals surface area (Å²) in [6, 6.07) is 17.2. The highest BCUT2D eigenvalue weighted by Crippen LogP contribution is 2.25. The molecule has 0 aromatic heterocycles. The zero-order valence-corrected chi connectivity index (χ0v) is 14.1. The Balaban J connectivity index is 1.70. The number of Topliss-reactive ketones (excluding diaryl/α,β-unsaturated/α-hetero) is 1. The Kier molecular flexibility index (Phi) is 5.31. The van der Waals surface area contributed by atoms with Gasteiger partial charge in [0.15, 0.2) is 6.23 Å². The molecule has 0 bridgehead atoms. The van der Waals surface area contributed by atoms with Gasteiger partial charge in [-0.25, -0.2) is 9.59 Å². The van der Waals surface area contributed by atoms with Gasteiger partial charge >= 0.3 is 12.1 Å². The highest BCUT2D eigenvalue weighted by Gasteiger charge is 2.45. The quantitative estimate of drug-likeness (QED) is 0.807. The second-order valence-electron chi connectivity index (χ2n) is 6.19. The largest absolute Gasteiger partial charge is 0.465 e. The smallest absolute Gasteiger partial charge is 0.410 e. The molecule has 0 spiro atoms. The molecule has 1 N–H and O–H groups in total. The summed E-state index contributed by atoms with van der Waals surface area (Å²) in [5.74, 6) is -0.875. The summed E-state index contributed by atoms with van der Waals surface area (Å²) >= 11 is 0. The van der Waals surface area contributed by atoms with Crippen molar-refractivity contribution in [3.63, 3.8) is 0 Å². The molecule has 1 heterocycles. The number of ketones is 1. The van der Waals surface area contributed by atoms with Crippen molar-refractivity contribution in [2.24, 2.45) is 0 Å². The molecule has 1 aliphatic heterocycles. The molecule has 1 fully saturated rings. The number of benzene rings is 2. The highest BCUT2D eigenvalue weighted by molar-refractivity contribution is 5.91. The first kappa shape index (κ1) is 17.7. The first-order chi connectivity index (χ1) is 12.5. The van der Waals surface area contributed by atoms with Crippen LogP contribution in [0.1, 0.15) is 17.5 Å². The number of esters is 1. The molecule has 0 saturated carbocycles. The van der Waals surface area contributed by atoms with E-state index >= 15 is 0 Å². The molecule has 1 amide bonds. The number of cyclic esters (lactones) is 1. The number of hydrogen-bond acceptors (Lipinski definition) is 4. The Morgan fingerprint density at radius 1 is 0.962 bits per heavy atom. The van der Waals surface area contributed by atoms with Gasteiger partial charge in [-0.1, -0.05) is 60.7 Å². The summed E-state index contributed by atoms with van der Waals surface area (Å²) in [7, 11) is 0. The molecular formula is C20H19NO5. The number of nitrogens with zero attached hydrogens (tertiary/aromatic N) is 1. The van der Waals surface area contributed by atoms with Crippen LogP contribution in [0.5, 0.6) is 0 Å². The Morgan fingerprint density at radius 2 is 1.54 bits per heavy atom. The Hall–Kier alpha value is -3.15. The average molecular weight is 353 g/mol. The zero-order chi connectivity index (χ0) is 18.5. The van der Waals surface area contributed by atoms with Crippen molar-refractivity contribution in [3.05, 3.63) is 71.8 Å². The molecule has 6 heteroatoms. The lowest BCUT2D eigenvalue weighted by atomic mass is 10.0. The number of carboxylic acid groups (broad SMARTS) is 1. The van der Waals surface area contributed by atoms with Crippen molar-refractivity contribution < 1.29 is 24.2 Å². The van der Waals surface area contributed by atoms with E-state index in [0.717, 1.165) is 16.0 Å². The Bertz CT molecular complexity index is 790. The number of ether oxygens (including phenoxy) is 1. The van der Waals surface area contributed by atoms with Crippen LogP contribution in [0.15, 0.2) is 60.7 Å². The van der Waals surface area contributed by atoms with Crippen molar-refractivity contribution in [2.45, 2.75) is 31.5 Å². The SMILES string of the molecule is O=C(Cc1ccccc1)CC1C(=O)OC(Cc2ccccc2)N1C(=O)O. The number of amides is 1. The monoisotopic (exact) mass is 353 g/mol. The minimum Gasteiger partial charge on any atom is -0.465 e. The molecule has 6 nitrogen and oxygen atoms in total. The fraction of sp³-hybridized carbons (Fsp3) is 0.250. The van der Waals surface area contributed by atoms with E-state index in [1.807, 2.05) is 60.7 Å². The number of hydrogen-bond donors (Lipinski definition) is 1. The maximum Gasteiger partial charge on any atom is 0.410 e. The molecule has 0 radical (unpaired) electrons. The van der Waals surface area contributed by atoms with Gasteiger partial charge < -0.3 is 9.84 Å². The van der Waals surface area contributed by atoms with Crippen LogP contribution in [0.2, 0.25) is 0 Å².